The quantitative estimate of drug-likeness (QED) is 0.779. The van der Waals surface area contributed by atoms with E-state index in [2.05, 4.69) is 9.88 Å². The van der Waals surface area contributed by atoms with E-state index in [-0.39, 0.29) is 0 Å². The molecular weight excluding hydrogens is 190 g/mol. The molecule has 0 spiro atoms. The van der Waals surface area contributed by atoms with Crippen molar-refractivity contribution in [3.63, 3.8) is 0 Å². The number of aromatic nitrogens is 1. The van der Waals surface area contributed by atoms with Crippen molar-refractivity contribution in [2.24, 2.45) is 5.73 Å². The summed E-state index contributed by atoms with van der Waals surface area (Å²) in [6.07, 6.45) is 0. The summed E-state index contributed by atoms with van der Waals surface area (Å²) in [6, 6.07) is 3.87. The lowest BCUT2D eigenvalue weighted by Gasteiger charge is -2.13. The molecule has 0 unspecified atom stereocenters. The highest BCUT2D eigenvalue weighted by Crippen LogP contribution is 2.15. The smallest absolute Gasteiger partial charge is 0.142 e. The molecule has 0 aliphatic carbocycles. The Morgan fingerprint density at radius 2 is 2.13 bits per heavy atom. The number of aryl methyl sites for hydroxylation is 1. The first-order chi connectivity index (χ1) is 7.13. The minimum atomic E-state index is 0.416. The third-order valence-electron chi connectivity index (χ3n) is 2.06. The summed E-state index contributed by atoms with van der Waals surface area (Å²) < 4.78 is 5.61. The molecule has 1 heterocycles. The van der Waals surface area contributed by atoms with Gasteiger partial charge in [0.1, 0.15) is 12.4 Å². The third-order valence-corrected chi connectivity index (χ3v) is 2.06. The Morgan fingerprint density at radius 3 is 2.73 bits per heavy atom. The zero-order chi connectivity index (χ0) is 11.3. The summed E-state index contributed by atoms with van der Waals surface area (Å²) in [5.41, 5.74) is 7.39. The average Bonchev–Trinajstić information content (AvgIpc) is 2.19. The van der Waals surface area contributed by atoms with Gasteiger partial charge in [0.15, 0.2) is 0 Å². The van der Waals surface area contributed by atoms with Crippen molar-refractivity contribution in [1.29, 1.82) is 0 Å². The maximum atomic E-state index is 5.61. The molecular formula is C11H19N3O. The van der Waals surface area contributed by atoms with Crippen molar-refractivity contribution in [3.8, 4) is 5.75 Å². The Kier molecular flexibility index (Phi) is 4.52. The lowest BCUT2D eigenvalue weighted by molar-refractivity contribution is 0.258. The first kappa shape index (κ1) is 11.9. The number of hydrogen-bond acceptors (Lipinski definition) is 4. The number of rotatable bonds is 5. The fourth-order valence-electron chi connectivity index (χ4n) is 1.21. The van der Waals surface area contributed by atoms with Gasteiger partial charge in [-0.05, 0) is 33.2 Å². The van der Waals surface area contributed by atoms with Crippen LogP contribution in [0.5, 0.6) is 5.75 Å². The van der Waals surface area contributed by atoms with Gasteiger partial charge in [-0.2, -0.15) is 0 Å². The fourth-order valence-corrected chi connectivity index (χ4v) is 1.21. The molecule has 0 aliphatic rings. The van der Waals surface area contributed by atoms with Gasteiger partial charge in [0.05, 0.1) is 5.69 Å². The topological polar surface area (TPSA) is 51.4 Å². The summed E-state index contributed by atoms with van der Waals surface area (Å²) in [5, 5.41) is 0. The van der Waals surface area contributed by atoms with Crippen LogP contribution in [-0.4, -0.2) is 37.1 Å². The molecule has 4 nitrogen and oxygen atoms in total. The summed E-state index contributed by atoms with van der Waals surface area (Å²) in [5.74, 6) is 0.796. The van der Waals surface area contributed by atoms with Crippen LogP contribution in [-0.2, 0) is 6.54 Å². The second kappa shape index (κ2) is 5.68. The Balaban J connectivity index is 2.60. The van der Waals surface area contributed by atoms with E-state index in [1.54, 1.807) is 0 Å². The van der Waals surface area contributed by atoms with Gasteiger partial charge in [-0.3, -0.25) is 4.98 Å². The van der Waals surface area contributed by atoms with E-state index in [4.69, 9.17) is 10.5 Å². The Morgan fingerprint density at radius 1 is 1.40 bits per heavy atom. The van der Waals surface area contributed by atoms with Crippen molar-refractivity contribution in [2.45, 2.75) is 13.5 Å². The summed E-state index contributed by atoms with van der Waals surface area (Å²) >= 11 is 0. The molecule has 1 rings (SSSR count). The van der Waals surface area contributed by atoms with Crippen molar-refractivity contribution in [1.82, 2.24) is 9.88 Å². The normalized spacial score (nSPS) is 10.7. The molecule has 0 saturated carbocycles. The maximum absolute atomic E-state index is 5.61. The molecule has 0 fully saturated rings. The molecule has 84 valence electrons. The Bertz CT molecular complexity index is 313. The lowest BCUT2D eigenvalue weighted by atomic mass is 10.3. The summed E-state index contributed by atoms with van der Waals surface area (Å²) in [6.45, 7) is 3.91. The molecule has 0 bridgehead atoms. The molecule has 0 saturated heterocycles. The van der Waals surface area contributed by atoms with Crippen LogP contribution in [0.25, 0.3) is 0 Å². The Labute approximate surface area is 91.1 Å². The first-order valence-corrected chi connectivity index (χ1v) is 5.07. The predicted molar refractivity (Wildman–Crippen MR) is 60.9 cm³/mol. The summed E-state index contributed by atoms with van der Waals surface area (Å²) in [7, 11) is 4.03. The first-order valence-electron chi connectivity index (χ1n) is 5.07. The molecule has 0 aromatic carbocycles. The second-order valence-electron chi connectivity index (χ2n) is 3.75. The van der Waals surface area contributed by atoms with E-state index in [9.17, 15) is 0 Å². The molecule has 0 radical (unpaired) electrons. The molecule has 4 heteroatoms. The van der Waals surface area contributed by atoms with Gasteiger partial charge < -0.3 is 15.4 Å². The van der Waals surface area contributed by atoms with Crippen molar-refractivity contribution >= 4 is 0 Å². The van der Waals surface area contributed by atoms with Crippen LogP contribution in [0.4, 0.5) is 0 Å². The third kappa shape index (κ3) is 3.85. The molecule has 15 heavy (non-hydrogen) atoms. The highest BCUT2D eigenvalue weighted by Gasteiger charge is 2.03. The van der Waals surface area contributed by atoms with Gasteiger partial charge in [0.2, 0.25) is 0 Å². The monoisotopic (exact) mass is 209 g/mol. The van der Waals surface area contributed by atoms with Crippen LogP contribution in [0.3, 0.4) is 0 Å². The highest BCUT2D eigenvalue weighted by atomic mass is 16.5. The molecule has 1 aromatic rings. The van der Waals surface area contributed by atoms with E-state index in [1.165, 1.54) is 0 Å². The number of ether oxygens (including phenoxy) is 1. The van der Waals surface area contributed by atoms with Crippen LogP contribution in [0.15, 0.2) is 12.1 Å². The second-order valence-corrected chi connectivity index (χ2v) is 3.75. The molecule has 1 aromatic heterocycles. The van der Waals surface area contributed by atoms with Crippen LogP contribution >= 0.6 is 0 Å². The number of hydrogen-bond donors (Lipinski definition) is 1. The zero-order valence-electron chi connectivity index (χ0n) is 9.66. The van der Waals surface area contributed by atoms with E-state index in [0.717, 1.165) is 23.7 Å². The molecule has 0 amide bonds. The van der Waals surface area contributed by atoms with Gasteiger partial charge in [-0.15, -0.1) is 0 Å². The standard InChI is InChI=1S/C11H19N3O/c1-9-4-5-11(10(8-12)13-9)15-7-6-14(2)3/h4-5H,6-8,12H2,1-3H3. The molecule has 2 N–H and O–H groups in total. The minimum absolute atomic E-state index is 0.416. The average molecular weight is 209 g/mol. The Hall–Kier alpha value is -1.13. The van der Waals surface area contributed by atoms with Crippen molar-refractivity contribution in [3.05, 3.63) is 23.5 Å². The lowest BCUT2D eigenvalue weighted by Crippen LogP contribution is -2.20. The van der Waals surface area contributed by atoms with E-state index < -0.39 is 0 Å². The van der Waals surface area contributed by atoms with Crippen LogP contribution < -0.4 is 10.5 Å². The van der Waals surface area contributed by atoms with Gasteiger partial charge in [0, 0.05) is 18.8 Å². The summed E-state index contributed by atoms with van der Waals surface area (Å²) in [4.78, 5) is 6.40. The highest BCUT2D eigenvalue weighted by molar-refractivity contribution is 5.29. The number of pyridine rings is 1. The zero-order valence-corrected chi connectivity index (χ0v) is 9.66. The van der Waals surface area contributed by atoms with Crippen LogP contribution in [0.2, 0.25) is 0 Å². The van der Waals surface area contributed by atoms with Gasteiger partial charge in [0.25, 0.3) is 0 Å². The minimum Gasteiger partial charge on any atom is -0.490 e. The van der Waals surface area contributed by atoms with E-state index >= 15 is 0 Å². The van der Waals surface area contributed by atoms with Crippen LogP contribution in [0, 0.1) is 6.92 Å². The van der Waals surface area contributed by atoms with Crippen molar-refractivity contribution in [2.75, 3.05) is 27.2 Å². The van der Waals surface area contributed by atoms with Gasteiger partial charge in [-0.1, -0.05) is 0 Å². The number of nitrogens with two attached hydrogens (primary N) is 1. The van der Waals surface area contributed by atoms with Crippen molar-refractivity contribution < 1.29 is 4.74 Å². The maximum Gasteiger partial charge on any atom is 0.142 e. The largest absolute Gasteiger partial charge is 0.490 e. The van der Waals surface area contributed by atoms with Crippen LogP contribution in [0.1, 0.15) is 11.4 Å². The van der Waals surface area contributed by atoms with E-state index in [0.29, 0.717) is 13.2 Å². The van der Waals surface area contributed by atoms with Gasteiger partial charge >= 0.3 is 0 Å². The van der Waals surface area contributed by atoms with Gasteiger partial charge in [-0.25, -0.2) is 0 Å². The SMILES string of the molecule is Cc1ccc(OCCN(C)C)c(CN)n1. The molecule has 0 aliphatic heterocycles. The predicted octanol–water partition coefficient (Wildman–Crippen LogP) is 0.789. The number of nitrogens with zero attached hydrogens (tertiary/aromatic N) is 2. The molecule has 0 atom stereocenters. The fraction of sp³-hybridized carbons (Fsp3) is 0.545. The number of likely N-dealkylation sites (N-methyl/N-ethyl adjacent to an activating group) is 1. The van der Waals surface area contributed by atoms with E-state index in [1.807, 2.05) is 33.2 Å².